The van der Waals surface area contributed by atoms with Gasteiger partial charge in [-0.15, -0.1) is 0 Å². The standard InChI is InChI=1S/C19H19NO4/c1-12-9-17(13(2)20(12)16-7-8-16)18(22)11-24-19(23)15-5-3-14(10-21)4-6-15/h3-6,9-10,16H,7-8,11H2,1-2H3. The molecule has 5 nitrogen and oxygen atoms in total. The lowest BCUT2D eigenvalue weighted by Crippen LogP contribution is -2.15. The van der Waals surface area contributed by atoms with E-state index in [4.69, 9.17) is 4.74 Å². The van der Waals surface area contributed by atoms with Crippen LogP contribution in [-0.2, 0) is 4.74 Å². The van der Waals surface area contributed by atoms with Crippen molar-refractivity contribution < 1.29 is 19.1 Å². The van der Waals surface area contributed by atoms with Crippen LogP contribution in [0.3, 0.4) is 0 Å². The van der Waals surface area contributed by atoms with Crippen LogP contribution >= 0.6 is 0 Å². The van der Waals surface area contributed by atoms with Crippen molar-refractivity contribution in [2.75, 3.05) is 6.61 Å². The molecule has 1 saturated carbocycles. The summed E-state index contributed by atoms with van der Waals surface area (Å²) in [7, 11) is 0. The first-order valence-corrected chi connectivity index (χ1v) is 7.95. The molecule has 1 fully saturated rings. The number of hydrogen-bond acceptors (Lipinski definition) is 4. The Kier molecular flexibility index (Phi) is 4.34. The Morgan fingerprint density at radius 1 is 1.21 bits per heavy atom. The molecule has 0 unspecified atom stereocenters. The fraction of sp³-hybridized carbons (Fsp3) is 0.316. The molecule has 1 aliphatic carbocycles. The fourth-order valence-electron chi connectivity index (χ4n) is 2.94. The summed E-state index contributed by atoms with van der Waals surface area (Å²) in [5, 5.41) is 0. The highest BCUT2D eigenvalue weighted by atomic mass is 16.5. The van der Waals surface area contributed by atoms with E-state index in [0.717, 1.165) is 24.2 Å². The van der Waals surface area contributed by atoms with Crippen LogP contribution in [0.1, 0.15) is 61.3 Å². The van der Waals surface area contributed by atoms with Crippen molar-refractivity contribution in [3.8, 4) is 0 Å². The normalized spacial score (nSPS) is 13.6. The third-order valence-electron chi connectivity index (χ3n) is 4.31. The molecule has 0 radical (unpaired) electrons. The predicted octanol–water partition coefficient (Wildman–Crippen LogP) is 3.29. The molecule has 2 aromatic rings. The van der Waals surface area contributed by atoms with Gasteiger partial charge in [0.25, 0.3) is 0 Å². The first-order chi connectivity index (χ1) is 11.5. The average molecular weight is 325 g/mol. The summed E-state index contributed by atoms with van der Waals surface area (Å²) in [6.07, 6.45) is 3.00. The van der Waals surface area contributed by atoms with Crippen molar-refractivity contribution in [1.82, 2.24) is 4.57 Å². The number of Topliss-reactive ketones (excluding diaryl/α,β-unsaturated/α-hetero) is 1. The Morgan fingerprint density at radius 3 is 2.46 bits per heavy atom. The Labute approximate surface area is 140 Å². The van der Waals surface area contributed by atoms with E-state index >= 15 is 0 Å². The average Bonchev–Trinajstić information content (AvgIpc) is 3.37. The molecule has 0 bridgehead atoms. The van der Waals surface area contributed by atoms with Gasteiger partial charge >= 0.3 is 5.97 Å². The lowest BCUT2D eigenvalue weighted by molar-refractivity contribution is 0.0474. The lowest BCUT2D eigenvalue weighted by atomic mass is 10.1. The van der Waals surface area contributed by atoms with Crippen LogP contribution in [-0.4, -0.2) is 29.2 Å². The SMILES string of the molecule is Cc1cc(C(=O)COC(=O)c2ccc(C=O)cc2)c(C)n1C1CC1. The van der Waals surface area contributed by atoms with Gasteiger partial charge in [-0.1, -0.05) is 12.1 Å². The topological polar surface area (TPSA) is 65.4 Å². The first kappa shape index (κ1) is 16.2. The maximum Gasteiger partial charge on any atom is 0.338 e. The van der Waals surface area contributed by atoms with Gasteiger partial charge in [0, 0.05) is 28.6 Å². The lowest BCUT2D eigenvalue weighted by Gasteiger charge is -2.08. The van der Waals surface area contributed by atoms with Gasteiger partial charge in [0.2, 0.25) is 5.78 Å². The van der Waals surface area contributed by atoms with Crippen molar-refractivity contribution in [1.29, 1.82) is 0 Å². The van der Waals surface area contributed by atoms with E-state index < -0.39 is 5.97 Å². The Morgan fingerprint density at radius 2 is 1.88 bits per heavy atom. The van der Waals surface area contributed by atoms with Gasteiger partial charge in [0.15, 0.2) is 6.61 Å². The number of ether oxygens (including phenoxy) is 1. The highest BCUT2D eigenvalue weighted by molar-refractivity contribution is 6.00. The smallest absolute Gasteiger partial charge is 0.338 e. The molecule has 5 heteroatoms. The van der Waals surface area contributed by atoms with Crippen molar-refractivity contribution in [2.45, 2.75) is 32.7 Å². The van der Waals surface area contributed by atoms with Gasteiger partial charge in [0.05, 0.1) is 5.56 Å². The highest BCUT2D eigenvalue weighted by Crippen LogP contribution is 2.38. The van der Waals surface area contributed by atoms with E-state index in [-0.39, 0.29) is 12.4 Å². The molecule has 1 aromatic carbocycles. The molecule has 0 N–H and O–H groups in total. The van der Waals surface area contributed by atoms with E-state index in [2.05, 4.69) is 4.57 Å². The molecule has 0 spiro atoms. The van der Waals surface area contributed by atoms with Gasteiger partial charge in [-0.2, -0.15) is 0 Å². The van der Waals surface area contributed by atoms with Crippen molar-refractivity contribution in [3.05, 3.63) is 58.4 Å². The molecule has 0 amide bonds. The third kappa shape index (κ3) is 3.15. The summed E-state index contributed by atoms with van der Waals surface area (Å²) in [6, 6.07) is 8.46. The van der Waals surface area contributed by atoms with Crippen LogP contribution < -0.4 is 0 Å². The molecular formula is C19H19NO4. The van der Waals surface area contributed by atoms with E-state index in [1.54, 1.807) is 0 Å². The number of esters is 1. The van der Waals surface area contributed by atoms with Crippen LogP contribution in [0.4, 0.5) is 0 Å². The van der Waals surface area contributed by atoms with E-state index in [1.165, 1.54) is 24.3 Å². The van der Waals surface area contributed by atoms with Gasteiger partial charge < -0.3 is 9.30 Å². The van der Waals surface area contributed by atoms with Crippen LogP contribution in [0.15, 0.2) is 30.3 Å². The number of rotatable bonds is 6. The number of carbonyl (C=O) groups is 3. The summed E-state index contributed by atoms with van der Waals surface area (Å²) in [5.41, 5.74) is 3.41. The molecule has 24 heavy (non-hydrogen) atoms. The minimum atomic E-state index is -0.572. The molecule has 0 atom stereocenters. The van der Waals surface area contributed by atoms with Crippen molar-refractivity contribution >= 4 is 18.0 Å². The van der Waals surface area contributed by atoms with E-state index in [0.29, 0.717) is 29.0 Å². The van der Waals surface area contributed by atoms with E-state index in [9.17, 15) is 14.4 Å². The van der Waals surface area contributed by atoms with Gasteiger partial charge in [-0.3, -0.25) is 9.59 Å². The van der Waals surface area contributed by atoms with Crippen LogP contribution in [0.25, 0.3) is 0 Å². The second kappa shape index (κ2) is 6.43. The van der Waals surface area contributed by atoms with Gasteiger partial charge in [-0.25, -0.2) is 4.79 Å². The monoisotopic (exact) mass is 325 g/mol. The number of aryl methyl sites for hydroxylation is 1. The zero-order valence-corrected chi connectivity index (χ0v) is 13.7. The second-order valence-corrected chi connectivity index (χ2v) is 6.13. The molecule has 1 aromatic heterocycles. The quantitative estimate of drug-likeness (QED) is 0.464. The molecule has 3 rings (SSSR count). The fourth-order valence-corrected chi connectivity index (χ4v) is 2.94. The molecule has 1 heterocycles. The molecular weight excluding hydrogens is 306 g/mol. The number of hydrogen-bond donors (Lipinski definition) is 0. The Hall–Kier alpha value is -2.69. The second-order valence-electron chi connectivity index (χ2n) is 6.13. The Balaban J connectivity index is 1.65. The zero-order valence-electron chi connectivity index (χ0n) is 13.7. The number of nitrogens with zero attached hydrogens (tertiary/aromatic N) is 1. The minimum absolute atomic E-state index is 0.201. The van der Waals surface area contributed by atoms with Crippen LogP contribution in [0, 0.1) is 13.8 Å². The van der Waals surface area contributed by atoms with Crippen LogP contribution in [0.5, 0.6) is 0 Å². The number of ketones is 1. The molecule has 0 aliphatic heterocycles. The largest absolute Gasteiger partial charge is 0.454 e. The number of carbonyl (C=O) groups excluding carboxylic acids is 3. The van der Waals surface area contributed by atoms with Crippen molar-refractivity contribution in [3.63, 3.8) is 0 Å². The summed E-state index contributed by atoms with van der Waals surface area (Å²) >= 11 is 0. The van der Waals surface area contributed by atoms with E-state index in [1.807, 2.05) is 19.9 Å². The molecule has 1 aliphatic rings. The third-order valence-corrected chi connectivity index (χ3v) is 4.31. The van der Waals surface area contributed by atoms with Gasteiger partial charge in [-0.05, 0) is 44.9 Å². The maximum absolute atomic E-state index is 12.4. The summed E-state index contributed by atoms with van der Waals surface area (Å²) in [4.78, 5) is 35.0. The number of aromatic nitrogens is 1. The summed E-state index contributed by atoms with van der Waals surface area (Å²) < 4.78 is 7.30. The Bertz CT molecular complexity index is 798. The van der Waals surface area contributed by atoms with Gasteiger partial charge in [0.1, 0.15) is 6.29 Å². The summed E-state index contributed by atoms with van der Waals surface area (Å²) in [6.45, 7) is 3.63. The summed E-state index contributed by atoms with van der Waals surface area (Å²) in [5.74, 6) is -0.773. The minimum Gasteiger partial charge on any atom is -0.454 e. The first-order valence-electron chi connectivity index (χ1n) is 7.95. The predicted molar refractivity (Wildman–Crippen MR) is 88.6 cm³/mol. The molecule has 0 saturated heterocycles. The maximum atomic E-state index is 12.4. The highest BCUT2D eigenvalue weighted by Gasteiger charge is 2.28. The van der Waals surface area contributed by atoms with Crippen LogP contribution in [0.2, 0.25) is 0 Å². The number of aldehydes is 1. The zero-order chi connectivity index (χ0) is 17.3. The molecule has 124 valence electrons. The number of benzene rings is 1. The van der Waals surface area contributed by atoms with Crippen molar-refractivity contribution in [2.24, 2.45) is 0 Å².